The van der Waals surface area contributed by atoms with Gasteiger partial charge in [0.05, 0.1) is 11.7 Å². The molecule has 1 aromatic heterocycles. The fourth-order valence-corrected chi connectivity index (χ4v) is 3.90. The molecule has 0 saturated carbocycles. The second kappa shape index (κ2) is 7.03. The molecule has 20 heavy (non-hydrogen) atoms. The van der Waals surface area contributed by atoms with Crippen LogP contribution in [0.5, 0.6) is 0 Å². The Morgan fingerprint density at radius 1 is 1.40 bits per heavy atom. The molecule has 1 unspecified atom stereocenters. The van der Waals surface area contributed by atoms with E-state index >= 15 is 0 Å². The van der Waals surface area contributed by atoms with Gasteiger partial charge in [-0.3, -0.25) is 0 Å². The Balaban J connectivity index is 2.41. The minimum Gasteiger partial charge on any atom is -0.304 e. The summed E-state index contributed by atoms with van der Waals surface area (Å²) in [5.41, 5.74) is 2.29. The van der Waals surface area contributed by atoms with Crippen LogP contribution in [0, 0.1) is 13.8 Å². The van der Waals surface area contributed by atoms with Crippen molar-refractivity contribution < 1.29 is 0 Å². The smallest absolute Gasteiger partial charge is 0.115 e. The van der Waals surface area contributed by atoms with Gasteiger partial charge in [-0.25, -0.2) is 4.98 Å². The highest BCUT2D eigenvalue weighted by atomic mass is 79.9. The molecule has 0 saturated heterocycles. The van der Waals surface area contributed by atoms with Gasteiger partial charge in [0.1, 0.15) is 5.01 Å². The van der Waals surface area contributed by atoms with Crippen LogP contribution in [0.1, 0.15) is 40.5 Å². The normalized spacial score (nSPS) is 12.7. The molecule has 1 atom stereocenters. The number of rotatable bonds is 5. The highest BCUT2D eigenvalue weighted by Crippen LogP contribution is 2.33. The first-order valence-electron chi connectivity index (χ1n) is 6.65. The van der Waals surface area contributed by atoms with Crippen LogP contribution in [0.2, 0.25) is 5.02 Å². The predicted octanol–water partition coefficient (Wildman–Crippen LogP) is 5.26. The summed E-state index contributed by atoms with van der Waals surface area (Å²) >= 11 is 11.4. The quantitative estimate of drug-likeness (QED) is 0.772. The molecule has 1 aromatic carbocycles. The van der Waals surface area contributed by atoms with E-state index < -0.39 is 0 Å². The maximum absolute atomic E-state index is 6.04. The topological polar surface area (TPSA) is 24.9 Å². The lowest BCUT2D eigenvalue weighted by atomic mass is 10.1. The number of benzene rings is 1. The molecule has 108 valence electrons. The standard InChI is InChI=1S/C15H18BrClN2S/c1-4-7-18-14(15-19-9(2)10(3)20-15)12-6-5-11(17)8-13(12)16/h5-6,8,14,18H,4,7H2,1-3H3. The van der Waals surface area contributed by atoms with Crippen molar-refractivity contribution in [1.29, 1.82) is 0 Å². The van der Waals surface area contributed by atoms with Gasteiger partial charge in [-0.05, 0) is 44.5 Å². The first kappa shape index (κ1) is 16.0. The van der Waals surface area contributed by atoms with E-state index in [0.29, 0.717) is 0 Å². The van der Waals surface area contributed by atoms with Crippen molar-refractivity contribution in [2.24, 2.45) is 0 Å². The zero-order valence-electron chi connectivity index (χ0n) is 11.8. The molecule has 0 bridgehead atoms. The van der Waals surface area contributed by atoms with E-state index in [4.69, 9.17) is 16.6 Å². The van der Waals surface area contributed by atoms with E-state index in [1.54, 1.807) is 11.3 Å². The van der Waals surface area contributed by atoms with Crippen LogP contribution in [-0.2, 0) is 0 Å². The summed E-state index contributed by atoms with van der Waals surface area (Å²) in [6, 6.07) is 6.03. The average molecular weight is 374 g/mol. The Kier molecular flexibility index (Phi) is 5.61. The highest BCUT2D eigenvalue weighted by molar-refractivity contribution is 9.10. The van der Waals surface area contributed by atoms with Crippen molar-refractivity contribution in [3.63, 3.8) is 0 Å². The van der Waals surface area contributed by atoms with Gasteiger partial charge in [0, 0.05) is 14.4 Å². The third kappa shape index (κ3) is 3.61. The van der Waals surface area contributed by atoms with Crippen LogP contribution in [0.4, 0.5) is 0 Å². The molecular formula is C15H18BrClN2S. The number of halogens is 2. The largest absolute Gasteiger partial charge is 0.304 e. The van der Waals surface area contributed by atoms with Crippen molar-refractivity contribution in [2.75, 3.05) is 6.54 Å². The van der Waals surface area contributed by atoms with Gasteiger partial charge in [-0.1, -0.05) is 40.5 Å². The Labute approximate surface area is 137 Å². The van der Waals surface area contributed by atoms with E-state index in [1.165, 1.54) is 10.4 Å². The van der Waals surface area contributed by atoms with Crippen LogP contribution in [0.15, 0.2) is 22.7 Å². The monoisotopic (exact) mass is 372 g/mol. The second-order valence-corrected chi connectivity index (χ2v) is 7.27. The van der Waals surface area contributed by atoms with Crippen LogP contribution in [-0.4, -0.2) is 11.5 Å². The summed E-state index contributed by atoms with van der Waals surface area (Å²) in [6.07, 6.45) is 1.09. The van der Waals surface area contributed by atoms with Gasteiger partial charge in [-0.15, -0.1) is 11.3 Å². The maximum atomic E-state index is 6.04. The molecule has 2 nitrogen and oxygen atoms in total. The van der Waals surface area contributed by atoms with Crippen LogP contribution in [0.3, 0.4) is 0 Å². The first-order valence-corrected chi connectivity index (χ1v) is 8.64. The molecule has 0 radical (unpaired) electrons. The zero-order valence-corrected chi connectivity index (χ0v) is 15.0. The highest BCUT2D eigenvalue weighted by Gasteiger charge is 2.20. The van der Waals surface area contributed by atoms with Gasteiger partial charge < -0.3 is 5.32 Å². The molecule has 1 heterocycles. The Morgan fingerprint density at radius 2 is 2.15 bits per heavy atom. The third-order valence-corrected chi connectivity index (χ3v) is 5.22. The minimum atomic E-state index is 0.110. The Morgan fingerprint density at radius 3 is 2.70 bits per heavy atom. The van der Waals surface area contributed by atoms with Crippen molar-refractivity contribution in [2.45, 2.75) is 33.2 Å². The molecule has 0 fully saturated rings. The van der Waals surface area contributed by atoms with Gasteiger partial charge >= 0.3 is 0 Å². The molecule has 2 rings (SSSR count). The van der Waals surface area contributed by atoms with E-state index in [9.17, 15) is 0 Å². The molecule has 1 N–H and O–H groups in total. The Bertz CT molecular complexity index is 578. The molecular weight excluding hydrogens is 356 g/mol. The van der Waals surface area contributed by atoms with Crippen molar-refractivity contribution in [1.82, 2.24) is 10.3 Å². The summed E-state index contributed by atoms with van der Waals surface area (Å²) in [4.78, 5) is 5.98. The molecule has 0 aliphatic heterocycles. The summed E-state index contributed by atoms with van der Waals surface area (Å²) in [5.74, 6) is 0. The minimum absolute atomic E-state index is 0.110. The van der Waals surface area contributed by atoms with E-state index in [0.717, 1.165) is 33.2 Å². The summed E-state index contributed by atoms with van der Waals surface area (Å²) < 4.78 is 1.02. The lowest BCUT2D eigenvalue weighted by molar-refractivity contribution is 0.593. The van der Waals surface area contributed by atoms with Gasteiger partial charge in [0.15, 0.2) is 0 Å². The zero-order chi connectivity index (χ0) is 14.7. The van der Waals surface area contributed by atoms with Crippen LogP contribution < -0.4 is 5.32 Å². The van der Waals surface area contributed by atoms with Crippen LogP contribution >= 0.6 is 38.9 Å². The summed E-state index contributed by atoms with van der Waals surface area (Å²) in [6.45, 7) is 7.30. The number of aryl methyl sites for hydroxylation is 2. The number of nitrogens with one attached hydrogen (secondary N) is 1. The molecule has 5 heteroatoms. The van der Waals surface area contributed by atoms with Crippen LogP contribution in [0.25, 0.3) is 0 Å². The number of nitrogens with zero attached hydrogens (tertiary/aromatic N) is 1. The number of hydrogen-bond donors (Lipinski definition) is 1. The Hall–Kier alpha value is -0.420. The molecule has 0 spiro atoms. The maximum Gasteiger partial charge on any atom is 0.115 e. The molecule has 0 aliphatic rings. The number of thiazole rings is 1. The number of hydrogen-bond acceptors (Lipinski definition) is 3. The molecule has 2 aromatic rings. The van der Waals surface area contributed by atoms with Gasteiger partial charge in [0.25, 0.3) is 0 Å². The van der Waals surface area contributed by atoms with E-state index in [-0.39, 0.29) is 6.04 Å². The van der Waals surface area contributed by atoms with Gasteiger partial charge in [-0.2, -0.15) is 0 Å². The lowest BCUT2D eigenvalue weighted by Crippen LogP contribution is -2.23. The van der Waals surface area contributed by atoms with Crippen molar-refractivity contribution in [3.05, 3.63) is 48.8 Å². The fraction of sp³-hybridized carbons (Fsp3) is 0.400. The van der Waals surface area contributed by atoms with E-state index in [2.05, 4.69) is 48.1 Å². The molecule has 0 aliphatic carbocycles. The van der Waals surface area contributed by atoms with E-state index in [1.807, 2.05) is 12.1 Å². The second-order valence-electron chi connectivity index (χ2n) is 4.75. The fourth-order valence-electron chi connectivity index (χ4n) is 1.98. The molecule has 0 amide bonds. The number of aromatic nitrogens is 1. The lowest BCUT2D eigenvalue weighted by Gasteiger charge is -2.18. The van der Waals surface area contributed by atoms with Crippen molar-refractivity contribution in [3.8, 4) is 0 Å². The summed E-state index contributed by atoms with van der Waals surface area (Å²) in [7, 11) is 0. The third-order valence-electron chi connectivity index (χ3n) is 3.16. The SMILES string of the molecule is CCCNC(c1nc(C)c(C)s1)c1ccc(Cl)cc1Br. The predicted molar refractivity (Wildman–Crippen MR) is 90.9 cm³/mol. The first-order chi connectivity index (χ1) is 9.52. The average Bonchev–Trinajstić information content (AvgIpc) is 2.72. The van der Waals surface area contributed by atoms with Crippen molar-refractivity contribution >= 4 is 38.9 Å². The summed E-state index contributed by atoms with van der Waals surface area (Å²) in [5, 5.41) is 5.42. The van der Waals surface area contributed by atoms with Gasteiger partial charge in [0.2, 0.25) is 0 Å².